The summed E-state index contributed by atoms with van der Waals surface area (Å²) in [6.45, 7) is 4.73. The van der Waals surface area contributed by atoms with Crippen molar-refractivity contribution in [2.24, 2.45) is 0 Å². The van der Waals surface area contributed by atoms with E-state index in [0.29, 0.717) is 6.10 Å². The topological polar surface area (TPSA) is 53.2 Å². The lowest BCUT2D eigenvalue weighted by Gasteiger charge is -2.33. The lowest BCUT2D eigenvalue weighted by atomic mass is 10.1. The van der Waals surface area contributed by atoms with Gasteiger partial charge in [0.1, 0.15) is 0 Å². The van der Waals surface area contributed by atoms with Crippen molar-refractivity contribution in [2.45, 2.75) is 31.5 Å². The third kappa shape index (κ3) is 3.63. The van der Waals surface area contributed by atoms with Crippen molar-refractivity contribution < 1.29 is 4.74 Å². The number of morpholine rings is 1. The summed E-state index contributed by atoms with van der Waals surface area (Å²) in [5.41, 5.74) is 3.48. The molecule has 1 atom stereocenters. The highest BCUT2D eigenvalue weighted by molar-refractivity contribution is 5.62. The van der Waals surface area contributed by atoms with Gasteiger partial charge in [0.15, 0.2) is 0 Å². The van der Waals surface area contributed by atoms with E-state index in [1.54, 1.807) is 0 Å². The molecule has 1 aromatic heterocycles. The van der Waals surface area contributed by atoms with Crippen molar-refractivity contribution in [3.63, 3.8) is 0 Å². The SMILES string of the molecule is c1ccc(-c2[nH]ncc2CNC[C@@H]2CN(C3CC3)CCO2)cc1. The zero-order valence-electron chi connectivity index (χ0n) is 13.4. The van der Waals surface area contributed by atoms with Crippen LogP contribution in [0.2, 0.25) is 0 Å². The second-order valence-electron chi connectivity index (χ2n) is 6.49. The monoisotopic (exact) mass is 312 g/mol. The molecule has 1 saturated heterocycles. The standard InChI is InChI=1S/C18H24N4O/c1-2-4-14(5-3-1)18-15(11-20-21-18)10-19-12-17-13-22(8-9-23-17)16-6-7-16/h1-5,11,16-17,19H,6-10,12-13H2,(H,20,21)/t17-/m1/s1. The molecule has 4 rings (SSSR count). The van der Waals surface area contributed by atoms with Gasteiger partial charge in [0.25, 0.3) is 0 Å². The summed E-state index contributed by atoms with van der Waals surface area (Å²) < 4.78 is 5.89. The predicted octanol–water partition coefficient (Wildman–Crippen LogP) is 2.03. The summed E-state index contributed by atoms with van der Waals surface area (Å²) in [6, 6.07) is 11.2. The number of ether oxygens (including phenoxy) is 1. The van der Waals surface area contributed by atoms with Crippen molar-refractivity contribution in [1.29, 1.82) is 0 Å². The van der Waals surface area contributed by atoms with Crippen LogP contribution in [-0.2, 0) is 11.3 Å². The Hall–Kier alpha value is -1.69. The maximum atomic E-state index is 5.89. The summed E-state index contributed by atoms with van der Waals surface area (Å²) >= 11 is 0. The molecule has 5 nitrogen and oxygen atoms in total. The van der Waals surface area contributed by atoms with Crippen molar-refractivity contribution in [3.8, 4) is 11.3 Å². The summed E-state index contributed by atoms with van der Waals surface area (Å²) in [4.78, 5) is 2.59. The van der Waals surface area contributed by atoms with Crippen molar-refractivity contribution in [1.82, 2.24) is 20.4 Å². The Bertz CT molecular complexity index is 623. The van der Waals surface area contributed by atoms with Crippen LogP contribution in [-0.4, -0.2) is 53.5 Å². The van der Waals surface area contributed by atoms with Crippen LogP contribution in [0.25, 0.3) is 11.3 Å². The molecule has 1 saturated carbocycles. The number of aromatic nitrogens is 2. The quantitative estimate of drug-likeness (QED) is 0.857. The fourth-order valence-electron chi connectivity index (χ4n) is 3.30. The summed E-state index contributed by atoms with van der Waals surface area (Å²) in [5, 5.41) is 10.9. The minimum absolute atomic E-state index is 0.302. The fraction of sp³-hybridized carbons (Fsp3) is 0.500. The van der Waals surface area contributed by atoms with Crippen LogP contribution in [0.1, 0.15) is 18.4 Å². The van der Waals surface area contributed by atoms with Crippen LogP contribution < -0.4 is 5.32 Å². The smallest absolute Gasteiger partial charge is 0.0826 e. The molecule has 1 aliphatic carbocycles. The van der Waals surface area contributed by atoms with Crippen LogP contribution in [0, 0.1) is 0 Å². The molecule has 23 heavy (non-hydrogen) atoms. The third-order valence-electron chi connectivity index (χ3n) is 4.70. The number of hydrogen-bond acceptors (Lipinski definition) is 4. The zero-order chi connectivity index (χ0) is 15.5. The highest BCUT2D eigenvalue weighted by Gasteiger charge is 2.32. The van der Waals surface area contributed by atoms with Crippen LogP contribution in [0.3, 0.4) is 0 Å². The van der Waals surface area contributed by atoms with E-state index in [9.17, 15) is 0 Å². The molecular weight excluding hydrogens is 288 g/mol. The Labute approximate surface area is 137 Å². The van der Waals surface area contributed by atoms with E-state index in [1.807, 2.05) is 12.3 Å². The highest BCUT2D eigenvalue weighted by atomic mass is 16.5. The molecule has 5 heteroatoms. The van der Waals surface area contributed by atoms with Crippen LogP contribution in [0.4, 0.5) is 0 Å². The lowest BCUT2D eigenvalue weighted by Crippen LogP contribution is -2.47. The molecule has 0 amide bonds. The Morgan fingerprint density at radius 2 is 2.13 bits per heavy atom. The molecule has 0 radical (unpaired) electrons. The Morgan fingerprint density at radius 1 is 1.26 bits per heavy atom. The second-order valence-corrected chi connectivity index (χ2v) is 6.49. The van der Waals surface area contributed by atoms with E-state index in [2.05, 4.69) is 44.7 Å². The van der Waals surface area contributed by atoms with E-state index in [0.717, 1.165) is 44.5 Å². The van der Waals surface area contributed by atoms with Crippen molar-refractivity contribution >= 4 is 0 Å². The minimum Gasteiger partial charge on any atom is -0.374 e. The van der Waals surface area contributed by atoms with Gasteiger partial charge in [-0.25, -0.2) is 0 Å². The maximum Gasteiger partial charge on any atom is 0.0826 e. The van der Waals surface area contributed by atoms with E-state index >= 15 is 0 Å². The van der Waals surface area contributed by atoms with Crippen LogP contribution in [0.5, 0.6) is 0 Å². The van der Waals surface area contributed by atoms with Gasteiger partial charge in [0.05, 0.1) is 24.6 Å². The Kier molecular flexibility index (Phi) is 4.41. The number of hydrogen-bond donors (Lipinski definition) is 2. The third-order valence-corrected chi connectivity index (χ3v) is 4.70. The summed E-state index contributed by atoms with van der Waals surface area (Å²) in [7, 11) is 0. The molecule has 122 valence electrons. The zero-order valence-corrected chi connectivity index (χ0v) is 13.4. The first-order valence-corrected chi connectivity index (χ1v) is 8.54. The van der Waals surface area contributed by atoms with Gasteiger partial charge in [-0.1, -0.05) is 30.3 Å². The molecule has 0 spiro atoms. The first-order valence-electron chi connectivity index (χ1n) is 8.54. The molecule has 2 aliphatic rings. The maximum absolute atomic E-state index is 5.89. The Morgan fingerprint density at radius 3 is 2.96 bits per heavy atom. The number of nitrogens with one attached hydrogen (secondary N) is 2. The molecule has 2 heterocycles. The van der Waals surface area contributed by atoms with E-state index in [4.69, 9.17) is 4.74 Å². The number of H-pyrrole nitrogens is 1. The van der Waals surface area contributed by atoms with Crippen LogP contribution >= 0.6 is 0 Å². The van der Waals surface area contributed by atoms with Gasteiger partial charge in [-0.15, -0.1) is 0 Å². The lowest BCUT2D eigenvalue weighted by molar-refractivity contribution is -0.0301. The van der Waals surface area contributed by atoms with Gasteiger partial charge in [0, 0.05) is 37.8 Å². The van der Waals surface area contributed by atoms with E-state index in [-0.39, 0.29) is 0 Å². The number of nitrogens with zero attached hydrogens (tertiary/aromatic N) is 2. The highest BCUT2D eigenvalue weighted by Crippen LogP contribution is 2.28. The number of rotatable bonds is 6. The molecule has 1 aliphatic heterocycles. The van der Waals surface area contributed by atoms with Gasteiger partial charge in [-0.2, -0.15) is 5.10 Å². The van der Waals surface area contributed by atoms with Gasteiger partial charge in [-0.05, 0) is 18.4 Å². The van der Waals surface area contributed by atoms with E-state index in [1.165, 1.54) is 24.0 Å². The molecular formula is C18H24N4O. The van der Waals surface area contributed by atoms with E-state index < -0.39 is 0 Å². The molecule has 2 fully saturated rings. The van der Waals surface area contributed by atoms with Crippen molar-refractivity contribution in [3.05, 3.63) is 42.1 Å². The molecule has 0 bridgehead atoms. The van der Waals surface area contributed by atoms with Gasteiger partial charge in [-0.3, -0.25) is 10.00 Å². The average Bonchev–Trinajstić information content (AvgIpc) is 3.35. The molecule has 2 aromatic rings. The van der Waals surface area contributed by atoms with Crippen LogP contribution in [0.15, 0.2) is 36.5 Å². The number of benzene rings is 1. The fourth-order valence-corrected chi connectivity index (χ4v) is 3.30. The Balaban J connectivity index is 1.31. The second kappa shape index (κ2) is 6.83. The first kappa shape index (κ1) is 14.9. The number of aromatic amines is 1. The molecule has 2 N–H and O–H groups in total. The van der Waals surface area contributed by atoms with Gasteiger partial charge >= 0.3 is 0 Å². The normalized spacial score (nSPS) is 22.3. The molecule has 1 aromatic carbocycles. The predicted molar refractivity (Wildman–Crippen MR) is 90.1 cm³/mol. The van der Waals surface area contributed by atoms with Crippen molar-refractivity contribution in [2.75, 3.05) is 26.2 Å². The van der Waals surface area contributed by atoms with Gasteiger partial charge in [0.2, 0.25) is 0 Å². The summed E-state index contributed by atoms with van der Waals surface area (Å²) in [5.74, 6) is 0. The average molecular weight is 312 g/mol. The first-order chi connectivity index (χ1) is 11.4. The minimum atomic E-state index is 0.302. The van der Waals surface area contributed by atoms with Gasteiger partial charge < -0.3 is 10.1 Å². The summed E-state index contributed by atoms with van der Waals surface area (Å²) in [6.07, 6.45) is 4.95. The largest absolute Gasteiger partial charge is 0.374 e. The molecule has 0 unspecified atom stereocenters.